The Morgan fingerprint density at radius 1 is 1.42 bits per heavy atom. The van der Waals surface area contributed by atoms with Crippen molar-refractivity contribution in [2.45, 2.75) is 0 Å². The first kappa shape index (κ1) is 12.9. The summed E-state index contributed by atoms with van der Waals surface area (Å²) in [7, 11) is 1.23. The van der Waals surface area contributed by atoms with Gasteiger partial charge in [0, 0.05) is 6.08 Å². The lowest BCUT2D eigenvalue weighted by Crippen LogP contribution is -1.96. The molecule has 0 unspecified atom stereocenters. The second kappa shape index (κ2) is 9.22. The molecule has 0 saturated heterocycles. The highest BCUT2D eigenvalue weighted by Crippen LogP contribution is 1.78. The Balaban J connectivity index is 0. The average molecular weight is 174 g/mol. The van der Waals surface area contributed by atoms with Gasteiger partial charge in [0.15, 0.2) is 0 Å². The van der Waals surface area contributed by atoms with E-state index < -0.39 is 12.1 Å². The van der Waals surface area contributed by atoms with E-state index in [4.69, 9.17) is 5.11 Å². The smallest absolute Gasteiger partial charge is 0.478 e. The summed E-state index contributed by atoms with van der Waals surface area (Å²) >= 11 is 0. The van der Waals surface area contributed by atoms with Crippen LogP contribution < -0.4 is 0 Å². The van der Waals surface area contributed by atoms with Gasteiger partial charge in [-0.1, -0.05) is 13.2 Å². The number of hydrogen-bond donors (Lipinski definition) is 1. The molecule has 0 radical (unpaired) electrons. The zero-order valence-corrected chi connectivity index (χ0v) is 6.65. The zero-order chi connectivity index (χ0) is 9.98. The minimum absolute atomic E-state index is 0.741. The van der Waals surface area contributed by atoms with Crippen LogP contribution >= 0.6 is 0 Å². The average Bonchev–Trinajstić information content (AvgIpc) is 2.06. The number of methoxy groups -OCH3 is 1. The molecule has 68 valence electrons. The van der Waals surface area contributed by atoms with E-state index in [0.29, 0.717) is 0 Å². The van der Waals surface area contributed by atoms with Gasteiger partial charge >= 0.3 is 12.1 Å². The van der Waals surface area contributed by atoms with Gasteiger partial charge in [0.2, 0.25) is 0 Å². The molecule has 0 aromatic heterocycles. The predicted octanol–water partition coefficient (Wildman–Crippen LogP) is 1.17. The minimum Gasteiger partial charge on any atom is -0.478 e. The van der Waals surface area contributed by atoms with Crippen LogP contribution in [0.4, 0.5) is 4.79 Å². The number of carboxylic acids is 1. The van der Waals surface area contributed by atoms with Gasteiger partial charge in [0.05, 0.1) is 13.4 Å². The Bertz CT molecular complexity index is 173. The number of hydrogen-bond acceptors (Lipinski definition) is 4. The quantitative estimate of drug-likeness (QED) is 0.386. The predicted molar refractivity (Wildman–Crippen MR) is 41.5 cm³/mol. The van der Waals surface area contributed by atoms with E-state index in [2.05, 4.69) is 22.6 Å². The van der Waals surface area contributed by atoms with Crippen molar-refractivity contribution >= 4 is 12.1 Å². The topological polar surface area (TPSA) is 72.8 Å². The van der Waals surface area contributed by atoms with Crippen LogP contribution in [0, 0.1) is 0 Å². The van der Waals surface area contributed by atoms with Gasteiger partial charge < -0.3 is 14.6 Å². The second-order valence-electron chi connectivity index (χ2n) is 1.28. The Kier molecular flexibility index (Phi) is 9.88. The fourth-order valence-corrected chi connectivity index (χ4v) is 0.116. The molecule has 0 amide bonds. The summed E-state index contributed by atoms with van der Waals surface area (Å²) in [5, 5.41) is 7.60. The van der Waals surface area contributed by atoms with Crippen LogP contribution in [0.2, 0.25) is 0 Å². The molecule has 0 spiro atoms. The molecule has 0 saturated carbocycles. The maximum atomic E-state index is 9.90. The van der Waals surface area contributed by atoms with Gasteiger partial charge in [-0.3, -0.25) is 0 Å². The van der Waals surface area contributed by atoms with Gasteiger partial charge in [-0.2, -0.15) is 0 Å². The summed E-state index contributed by atoms with van der Waals surface area (Å²) in [6.07, 6.45) is 1.10. The summed E-state index contributed by atoms with van der Waals surface area (Å²) in [4.78, 5) is 19.1. The number of aliphatic carboxylic acids is 1. The first-order chi connectivity index (χ1) is 5.58. The van der Waals surface area contributed by atoms with Crippen molar-refractivity contribution in [2.75, 3.05) is 7.11 Å². The van der Waals surface area contributed by atoms with Crippen molar-refractivity contribution in [1.29, 1.82) is 0 Å². The molecular weight excluding hydrogens is 164 g/mol. The minimum atomic E-state index is -0.981. The fourth-order valence-electron chi connectivity index (χ4n) is 0.116. The van der Waals surface area contributed by atoms with Gasteiger partial charge in [-0.05, 0) is 0 Å². The summed E-state index contributed by atoms with van der Waals surface area (Å²) < 4.78 is 8.15. The molecule has 0 aromatic rings. The van der Waals surface area contributed by atoms with Crippen LogP contribution in [0.3, 0.4) is 0 Å². The first-order valence-electron chi connectivity index (χ1n) is 2.79. The SMILES string of the molecule is C=CC(=O)O.C=COC(=O)OC. The van der Waals surface area contributed by atoms with E-state index in [1.54, 1.807) is 0 Å². The Hall–Kier alpha value is -1.78. The Morgan fingerprint density at radius 3 is 1.92 bits per heavy atom. The van der Waals surface area contributed by atoms with Gasteiger partial charge in [-0.25, -0.2) is 9.59 Å². The third-order valence-electron chi connectivity index (χ3n) is 0.521. The van der Waals surface area contributed by atoms with Crippen molar-refractivity contribution in [2.24, 2.45) is 0 Å². The highest BCUT2D eigenvalue weighted by atomic mass is 16.7. The van der Waals surface area contributed by atoms with E-state index in [1.165, 1.54) is 7.11 Å². The van der Waals surface area contributed by atoms with E-state index in [0.717, 1.165) is 12.3 Å². The van der Waals surface area contributed by atoms with Crippen molar-refractivity contribution < 1.29 is 24.2 Å². The monoisotopic (exact) mass is 174 g/mol. The molecule has 0 fully saturated rings. The van der Waals surface area contributed by atoms with Crippen LogP contribution in [0.1, 0.15) is 0 Å². The van der Waals surface area contributed by atoms with Crippen molar-refractivity contribution in [3.05, 3.63) is 25.5 Å². The van der Waals surface area contributed by atoms with Crippen molar-refractivity contribution in [3.8, 4) is 0 Å². The molecule has 0 aliphatic rings. The molecule has 0 aliphatic carbocycles. The third-order valence-corrected chi connectivity index (χ3v) is 0.521. The largest absolute Gasteiger partial charge is 0.512 e. The van der Waals surface area contributed by atoms with E-state index in [1.807, 2.05) is 0 Å². The highest BCUT2D eigenvalue weighted by Gasteiger charge is 1.91. The van der Waals surface area contributed by atoms with Crippen LogP contribution in [-0.4, -0.2) is 24.3 Å². The molecule has 1 N–H and O–H groups in total. The Morgan fingerprint density at radius 2 is 1.83 bits per heavy atom. The number of carbonyl (C=O) groups excluding carboxylic acids is 1. The molecule has 12 heavy (non-hydrogen) atoms. The van der Waals surface area contributed by atoms with Crippen LogP contribution in [-0.2, 0) is 14.3 Å². The lowest BCUT2D eigenvalue weighted by Gasteiger charge is -1.90. The van der Waals surface area contributed by atoms with Crippen LogP contribution in [0.25, 0.3) is 0 Å². The lowest BCUT2D eigenvalue weighted by molar-refractivity contribution is -0.131. The molecule has 0 aromatic carbocycles. The lowest BCUT2D eigenvalue weighted by atomic mass is 10.7. The third kappa shape index (κ3) is 15.7. The van der Waals surface area contributed by atoms with Gasteiger partial charge in [0.25, 0.3) is 0 Å². The summed E-state index contributed by atoms with van der Waals surface area (Å²) in [6.45, 7) is 6.09. The first-order valence-corrected chi connectivity index (χ1v) is 2.79. The fraction of sp³-hybridized carbons (Fsp3) is 0.143. The normalized spacial score (nSPS) is 6.75. The van der Waals surface area contributed by atoms with E-state index in [-0.39, 0.29) is 0 Å². The standard InChI is InChI=1S/C4H6O3.C3H4O2/c1-3-7-4(5)6-2;1-2-3(4)5/h3H,1H2,2H3;2H,1H2,(H,4,5). The second-order valence-corrected chi connectivity index (χ2v) is 1.28. The number of ether oxygens (including phenoxy) is 2. The van der Waals surface area contributed by atoms with Gasteiger partial charge in [-0.15, -0.1) is 0 Å². The number of rotatable bonds is 2. The molecule has 0 bridgehead atoms. The van der Waals surface area contributed by atoms with Crippen molar-refractivity contribution in [3.63, 3.8) is 0 Å². The molecule has 0 heterocycles. The van der Waals surface area contributed by atoms with E-state index >= 15 is 0 Å². The Labute approximate surface area is 69.9 Å². The maximum absolute atomic E-state index is 9.90. The zero-order valence-electron chi connectivity index (χ0n) is 6.65. The number of carboxylic acid groups (broad SMARTS) is 1. The molecular formula is C7H10O5. The van der Waals surface area contributed by atoms with Crippen LogP contribution in [0.15, 0.2) is 25.5 Å². The molecule has 0 aliphatic heterocycles. The maximum Gasteiger partial charge on any atom is 0.512 e. The van der Waals surface area contributed by atoms with E-state index in [9.17, 15) is 9.59 Å². The number of carbonyl (C=O) groups is 2. The van der Waals surface area contributed by atoms with Crippen molar-refractivity contribution in [1.82, 2.24) is 0 Å². The summed E-state index contributed by atoms with van der Waals surface area (Å²) in [6, 6.07) is 0. The highest BCUT2D eigenvalue weighted by molar-refractivity contribution is 5.78. The molecule has 0 atom stereocenters. The summed E-state index contributed by atoms with van der Waals surface area (Å²) in [5.41, 5.74) is 0. The van der Waals surface area contributed by atoms with Crippen LogP contribution in [0.5, 0.6) is 0 Å². The molecule has 0 rings (SSSR count). The molecule has 5 nitrogen and oxygen atoms in total. The molecule has 5 heteroatoms. The summed E-state index contributed by atoms with van der Waals surface area (Å²) in [5.74, 6) is -0.981. The van der Waals surface area contributed by atoms with Gasteiger partial charge in [0.1, 0.15) is 0 Å².